The monoisotopic (exact) mass is 377 g/mol. The SMILES string of the molecule is CC(C)(C)OC(=O)NC1CC(Oc2nc(Cl)ncc2Br)C1. The van der Waals surface area contributed by atoms with Gasteiger partial charge in [0.05, 0.1) is 4.47 Å². The summed E-state index contributed by atoms with van der Waals surface area (Å²) >= 11 is 9.03. The fraction of sp³-hybridized carbons (Fsp3) is 0.615. The van der Waals surface area contributed by atoms with Gasteiger partial charge in [-0.15, -0.1) is 0 Å². The Morgan fingerprint density at radius 2 is 2.14 bits per heavy atom. The number of nitrogens with one attached hydrogen (secondary N) is 1. The van der Waals surface area contributed by atoms with Crippen LogP contribution in [0.25, 0.3) is 0 Å². The first-order valence-electron chi connectivity index (χ1n) is 6.57. The summed E-state index contributed by atoms with van der Waals surface area (Å²) < 4.78 is 11.5. The van der Waals surface area contributed by atoms with Gasteiger partial charge in [0.2, 0.25) is 11.2 Å². The van der Waals surface area contributed by atoms with E-state index in [4.69, 9.17) is 21.1 Å². The van der Waals surface area contributed by atoms with Gasteiger partial charge >= 0.3 is 6.09 Å². The van der Waals surface area contributed by atoms with Crippen molar-refractivity contribution in [2.45, 2.75) is 51.4 Å². The van der Waals surface area contributed by atoms with Gasteiger partial charge in [0.25, 0.3) is 0 Å². The van der Waals surface area contributed by atoms with E-state index in [1.54, 1.807) is 6.20 Å². The Hall–Kier alpha value is -1.08. The molecular formula is C13H17BrClN3O3. The molecule has 0 bridgehead atoms. The van der Waals surface area contributed by atoms with Gasteiger partial charge in [-0.2, -0.15) is 4.98 Å². The maximum Gasteiger partial charge on any atom is 0.407 e. The van der Waals surface area contributed by atoms with Gasteiger partial charge in [-0.3, -0.25) is 0 Å². The first-order chi connectivity index (χ1) is 9.73. The van der Waals surface area contributed by atoms with Crippen LogP contribution >= 0.6 is 27.5 Å². The van der Waals surface area contributed by atoms with Crippen LogP contribution in [-0.2, 0) is 4.74 Å². The molecule has 0 unspecified atom stereocenters. The molecule has 2 rings (SSSR count). The molecule has 1 fully saturated rings. The lowest BCUT2D eigenvalue weighted by molar-refractivity contribution is 0.0353. The summed E-state index contributed by atoms with van der Waals surface area (Å²) in [5.41, 5.74) is -0.494. The predicted molar refractivity (Wildman–Crippen MR) is 81.5 cm³/mol. The fourth-order valence-corrected chi connectivity index (χ4v) is 2.24. The van der Waals surface area contributed by atoms with E-state index >= 15 is 0 Å². The number of nitrogens with zero attached hydrogens (tertiary/aromatic N) is 2. The normalized spacial score (nSPS) is 21.4. The minimum Gasteiger partial charge on any atom is -0.473 e. The average molecular weight is 379 g/mol. The van der Waals surface area contributed by atoms with Crippen molar-refractivity contribution in [1.82, 2.24) is 15.3 Å². The van der Waals surface area contributed by atoms with Gasteiger partial charge < -0.3 is 14.8 Å². The fourth-order valence-electron chi connectivity index (χ4n) is 1.83. The van der Waals surface area contributed by atoms with Crippen molar-refractivity contribution in [3.63, 3.8) is 0 Å². The van der Waals surface area contributed by atoms with Crippen molar-refractivity contribution in [2.24, 2.45) is 0 Å². The smallest absolute Gasteiger partial charge is 0.407 e. The van der Waals surface area contributed by atoms with E-state index in [1.165, 1.54) is 0 Å². The molecule has 0 aliphatic heterocycles. The summed E-state index contributed by atoms with van der Waals surface area (Å²) in [4.78, 5) is 19.4. The zero-order valence-corrected chi connectivity index (χ0v) is 14.4. The molecule has 6 nitrogen and oxygen atoms in total. The molecule has 1 aromatic heterocycles. The Labute approximate surface area is 136 Å². The van der Waals surface area contributed by atoms with E-state index in [0.717, 1.165) is 0 Å². The van der Waals surface area contributed by atoms with Gasteiger partial charge in [-0.05, 0) is 48.3 Å². The Kier molecular flexibility index (Phi) is 4.93. The number of carbonyl (C=O) groups is 1. The Balaban J connectivity index is 1.77. The standard InChI is InChI=1S/C13H17BrClN3O3/c1-13(2,3)21-12(19)17-7-4-8(5-7)20-10-9(14)6-16-11(15)18-10/h6-8H,4-5H2,1-3H3,(H,17,19). The van der Waals surface area contributed by atoms with Crippen molar-refractivity contribution < 1.29 is 14.3 Å². The van der Waals surface area contributed by atoms with Gasteiger partial charge in [0.1, 0.15) is 11.7 Å². The summed E-state index contributed by atoms with van der Waals surface area (Å²) in [7, 11) is 0. The van der Waals surface area contributed by atoms with Crippen LogP contribution < -0.4 is 10.1 Å². The first-order valence-corrected chi connectivity index (χ1v) is 7.74. The third kappa shape index (κ3) is 5.00. The van der Waals surface area contributed by atoms with Crippen LogP contribution in [0.5, 0.6) is 5.88 Å². The summed E-state index contributed by atoms with van der Waals surface area (Å²) in [6.45, 7) is 5.49. The third-order valence-corrected chi connectivity index (χ3v) is 3.50. The number of rotatable bonds is 3. The lowest BCUT2D eigenvalue weighted by Gasteiger charge is -2.35. The largest absolute Gasteiger partial charge is 0.473 e. The molecule has 1 aromatic rings. The molecule has 116 valence electrons. The minimum absolute atomic E-state index is 0.00722. The molecular weight excluding hydrogens is 362 g/mol. The first kappa shape index (κ1) is 16.3. The Morgan fingerprint density at radius 1 is 1.48 bits per heavy atom. The molecule has 1 aliphatic carbocycles. The molecule has 1 amide bonds. The third-order valence-electron chi connectivity index (χ3n) is 2.78. The number of halogens is 2. The Morgan fingerprint density at radius 3 is 2.76 bits per heavy atom. The quantitative estimate of drug-likeness (QED) is 0.817. The summed E-state index contributed by atoms with van der Waals surface area (Å²) in [5, 5.41) is 2.94. The highest BCUT2D eigenvalue weighted by Crippen LogP contribution is 2.29. The second-order valence-corrected chi connectivity index (χ2v) is 7.04. The molecule has 8 heteroatoms. The molecule has 0 radical (unpaired) electrons. The van der Waals surface area contributed by atoms with Crippen molar-refractivity contribution in [2.75, 3.05) is 0 Å². The highest BCUT2D eigenvalue weighted by molar-refractivity contribution is 9.10. The van der Waals surface area contributed by atoms with E-state index in [0.29, 0.717) is 23.2 Å². The van der Waals surface area contributed by atoms with E-state index in [1.807, 2.05) is 20.8 Å². The van der Waals surface area contributed by atoms with Crippen LogP contribution in [0.2, 0.25) is 5.28 Å². The van der Waals surface area contributed by atoms with E-state index in [-0.39, 0.29) is 17.4 Å². The summed E-state index contributed by atoms with van der Waals surface area (Å²) in [6, 6.07) is 0.0564. The number of alkyl carbamates (subject to hydrolysis) is 1. The molecule has 0 saturated heterocycles. The van der Waals surface area contributed by atoms with Crippen LogP contribution in [0.15, 0.2) is 10.7 Å². The number of hydrogen-bond acceptors (Lipinski definition) is 5. The minimum atomic E-state index is -0.494. The van der Waals surface area contributed by atoms with Crippen molar-refractivity contribution in [3.05, 3.63) is 16.0 Å². The molecule has 1 aliphatic rings. The lowest BCUT2D eigenvalue weighted by atomic mass is 9.89. The lowest BCUT2D eigenvalue weighted by Crippen LogP contribution is -2.50. The number of ether oxygens (including phenoxy) is 2. The van der Waals surface area contributed by atoms with Crippen molar-refractivity contribution in [1.29, 1.82) is 0 Å². The van der Waals surface area contributed by atoms with Crippen LogP contribution in [0.3, 0.4) is 0 Å². The van der Waals surface area contributed by atoms with Gasteiger partial charge in [0.15, 0.2) is 0 Å². The van der Waals surface area contributed by atoms with E-state index in [2.05, 4.69) is 31.2 Å². The average Bonchev–Trinajstić information content (AvgIpc) is 2.28. The highest BCUT2D eigenvalue weighted by atomic mass is 79.9. The summed E-state index contributed by atoms with van der Waals surface area (Å²) in [6.07, 6.45) is 2.53. The molecule has 1 saturated carbocycles. The van der Waals surface area contributed by atoms with Crippen LogP contribution in [-0.4, -0.2) is 33.8 Å². The van der Waals surface area contributed by atoms with E-state index < -0.39 is 11.7 Å². The van der Waals surface area contributed by atoms with Gasteiger partial charge in [-0.1, -0.05) is 0 Å². The van der Waals surface area contributed by atoms with Crippen molar-refractivity contribution >= 4 is 33.6 Å². The van der Waals surface area contributed by atoms with E-state index in [9.17, 15) is 4.79 Å². The Bertz CT molecular complexity index is 530. The number of hydrogen-bond donors (Lipinski definition) is 1. The molecule has 0 spiro atoms. The van der Waals surface area contributed by atoms with Crippen molar-refractivity contribution in [3.8, 4) is 5.88 Å². The molecule has 1 heterocycles. The molecule has 1 N–H and O–H groups in total. The topological polar surface area (TPSA) is 73.3 Å². The molecule has 21 heavy (non-hydrogen) atoms. The van der Waals surface area contributed by atoms with Gasteiger partial charge in [0, 0.05) is 25.1 Å². The van der Waals surface area contributed by atoms with Gasteiger partial charge in [-0.25, -0.2) is 9.78 Å². The maximum atomic E-state index is 11.6. The number of carbonyl (C=O) groups excluding carboxylic acids is 1. The highest BCUT2D eigenvalue weighted by Gasteiger charge is 2.33. The second-order valence-electron chi connectivity index (χ2n) is 5.85. The van der Waals surface area contributed by atoms with Crippen LogP contribution in [0.4, 0.5) is 4.79 Å². The van der Waals surface area contributed by atoms with Crippen LogP contribution in [0.1, 0.15) is 33.6 Å². The predicted octanol–water partition coefficient (Wildman–Crippen LogP) is 3.33. The molecule has 0 aromatic carbocycles. The zero-order valence-electron chi connectivity index (χ0n) is 12.0. The number of amides is 1. The summed E-state index contributed by atoms with van der Waals surface area (Å²) in [5.74, 6) is 0.413. The second kappa shape index (κ2) is 6.36. The maximum absolute atomic E-state index is 11.6. The number of aromatic nitrogens is 2. The zero-order chi connectivity index (χ0) is 15.6. The van der Waals surface area contributed by atoms with Crippen LogP contribution in [0, 0.1) is 0 Å². The molecule has 0 atom stereocenters.